The first kappa shape index (κ1) is 22.1. The van der Waals surface area contributed by atoms with E-state index in [0.717, 1.165) is 6.42 Å². The van der Waals surface area contributed by atoms with Crippen LogP contribution < -0.4 is 20.1 Å². The fourth-order valence-corrected chi connectivity index (χ4v) is 3.56. The standard InChI is InChI=1S/C20H27BrN2O5/c1-6-8-28-18-13(21)9-12(10-14(18)27-7-2)17-15(19(24)26-5)16(11(3)4)22-20(25)23-17/h9-11,17H,6-8H2,1-5H3,(H2,22,23,25). The molecule has 0 fully saturated rings. The van der Waals surface area contributed by atoms with Crippen molar-refractivity contribution in [3.05, 3.63) is 33.4 Å². The van der Waals surface area contributed by atoms with Crippen molar-refractivity contribution in [3.8, 4) is 11.5 Å². The second-order valence-corrected chi connectivity index (χ2v) is 7.47. The zero-order valence-electron chi connectivity index (χ0n) is 16.8. The highest BCUT2D eigenvalue weighted by atomic mass is 79.9. The smallest absolute Gasteiger partial charge is 0.337 e. The van der Waals surface area contributed by atoms with Gasteiger partial charge >= 0.3 is 12.0 Å². The lowest BCUT2D eigenvalue weighted by molar-refractivity contribution is -0.136. The summed E-state index contributed by atoms with van der Waals surface area (Å²) in [6.45, 7) is 8.72. The third-order valence-electron chi connectivity index (χ3n) is 4.20. The van der Waals surface area contributed by atoms with E-state index in [0.29, 0.717) is 46.0 Å². The summed E-state index contributed by atoms with van der Waals surface area (Å²) < 4.78 is 17.2. The van der Waals surface area contributed by atoms with Gasteiger partial charge in [0.2, 0.25) is 0 Å². The summed E-state index contributed by atoms with van der Waals surface area (Å²) in [7, 11) is 1.32. The minimum Gasteiger partial charge on any atom is -0.490 e. The molecule has 1 aromatic rings. The van der Waals surface area contributed by atoms with Gasteiger partial charge in [0.15, 0.2) is 11.5 Å². The van der Waals surface area contributed by atoms with Crippen LogP contribution in [0.5, 0.6) is 11.5 Å². The number of benzene rings is 1. The summed E-state index contributed by atoms with van der Waals surface area (Å²) in [5.74, 6) is 0.579. The topological polar surface area (TPSA) is 85.9 Å². The number of rotatable bonds is 8. The molecule has 1 unspecified atom stereocenters. The van der Waals surface area contributed by atoms with Crippen LogP contribution in [-0.4, -0.2) is 32.3 Å². The van der Waals surface area contributed by atoms with E-state index in [2.05, 4.69) is 26.6 Å². The third-order valence-corrected chi connectivity index (χ3v) is 4.79. The third kappa shape index (κ3) is 4.79. The van der Waals surface area contributed by atoms with Crippen LogP contribution in [-0.2, 0) is 9.53 Å². The number of urea groups is 1. The molecular weight excluding hydrogens is 428 g/mol. The lowest BCUT2D eigenvalue weighted by Crippen LogP contribution is -2.47. The summed E-state index contributed by atoms with van der Waals surface area (Å²) in [5.41, 5.74) is 1.60. The summed E-state index contributed by atoms with van der Waals surface area (Å²) in [6, 6.07) is 2.57. The number of halogens is 1. The second kappa shape index (κ2) is 9.82. The van der Waals surface area contributed by atoms with Crippen molar-refractivity contribution in [2.75, 3.05) is 20.3 Å². The molecule has 8 heteroatoms. The first-order valence-corrected chi connectivity index (χ1v) is 10.1. The molecule has 1 aliphatic heterocycles. The molecule has 7 nitrogen and oxygen atoms in total. The van der Waals surface area contributed by atoms with E-state index >= 15 is 0 Å². The fourth-order valence-electron chi connectivity index (χ4n) is 2.99. The molecule has 0 saturated heterocycles. The first-order chi connectivity index (χ1) is 13.3. The Bertz CT molecular complexity index is 776. The van der Waals surface area contributed by atoms with Crippen molar-refractivity contribution in [1.82, 2.24) is 10.6 Å². The maximum Gasteiger partial charge on any atom is 0.337 e. The SMILES string of the molecule is CCCOc1c(Br)cc(C2NC(=O)NC(C(C)C)=C2C(=O)OC)cc1OCC. The maximum atomic E-state index is 12.5. The quantitative estimate of drug-likeness (QED) is 0.578. The van der Waals surface area contributed by atoms with E-state index < -0.39 is 12.0 Å². The molecule has 1 aliphatic rings. The number of allylic oxidation sites excluding steroid dienone is 1. The molecule has 2 N–H and O–H groups in total. The van der Waals surface area contributed by atoms with Crippen molar-refractivity contribution in [2.24, 2.45) is 5.92 Å². The van der Waals surface area contributed by atoms with Crippen LogP contribution in [0, 0.1) is 5.92 Å². The molecular formula is C20H27BrN2O5. The lowest BCUT2D eigenvalue weighted by Gasteiger charge is -2.31. The highest BCUT2D eigenvalue weighted by Crippen LogP contribution is 2.41. The molecule has 0 aliphatic carbocycles. The average molecular weight is 455 g/mol. The molecule has 1 atom stereocenters. The van der Waals surface area contributed by atoms with Gasteiger partial charge in [0, 0.05) is 5.70 Å². The van der Waals surface area contributed by atoms with Gasteiger partial charge < -0.3 is 24.8 Å². The summed E-state index contributed by atoms with van der Waals surface area (Å²) in [6.07, 6.45) is 0.858. The first-order valence-electron chi connectivity index (χ1n) is 9.32. The Hall–Kier alpha value is -2.22. The molecule has 0 bridgehead atoms. The molecule has 2 rings (SSSR count). The zero-order chi connectivity index (χ0) is 20.8. The van der Waals surface area contributed by atoms with E-state index in [4.69, 9.17) is 14.2 Å². The van der Waals surface area contributed by atoms with Crippen LogP contribution >= 0.6 is 15.9 Å². The number of carbonyl (C=O) groups excluding carboxylic acids is 2. The molecule has 154 valence electrons. The average Bonchev–Trinajstić information content (AvgIpc) is 2.66. The van der Waals surface area contributed by atoms with Gasteiger partial charge in [-0.25, -0.2) is 9.59 Å². The largest absolute Gasteiger partial charge is 0.490 e. The van der Waals surface area contributed by atoms with Gasteiger partial charge in [-0.15, -0.1) is 0 Å². The Morgan fingerprint density at radius 2 is 1.96 bits per heavy atom. The molecule has 1 heterocycles. The van der Waals surface area contributed by atoms with Gasteiger partial charge in [-0.1, -0.05) is 20.8 Å². The molecule has 0 saturated carbocycles. The normalized spacial score (nSPS) is 16.5. The number of esters is 1. The predicted octanol–water partition coefficient (Wildman–Crippen LogP) is 4.07. The van der Waals surface area contributed by atoms with Gasteiger partial charge in [0.25, 0.3) is 0 Å². The van der Waals surface area contributed by atoms with E-state index in [9.17, 15) is 9.59 Å². The number of carbonyl (C=O) groups is 2. The van der Waals surface area contributed by atoms with Crippen molar-refractivity contribution in [1.29, 1.82) is 0 Å². The van der Waals surface area contributed by atoms with Crippen LogP contribution in [0.4, 0.5) is 4.79 Å². The van der Waals surface area contributed by atoms with Gasteiger partial charge in [0.05, 0.1) is 36.4 Å². The Morgan fingerprint density at radius 1 is 1.25 bits per heavy atom. The molecule has 28 heavy (non-hydrogen) atoms. The van der Waals surface area contributed by atoms with Crippen LogP contribution in [0.3, 0.4) is 0 Å². The minimum atomic E-state index is -0.672. The van der Waals surface area contributed by atoms with Crippen molar-refractivity contribution in [2.45, 2.75) is 40.2 Å². The fraction of sp³-hybridized carbons (Fsp3) is 0.500. The summed E-state index contributed by atoms with van der Waals surface area (Å²) >= 11 is 3.53. The predicted molar refractivity (Wildman–Crippen MR) is 109 cm³/mol. The molecule has 0 aromatic heterocycles. The van der Waals surface area contributed by atoms with Crippen molar-refractivity contribution >= 4 is 27.9 Å². The van der Waals surface area contributed by atoms with E-state index in [1.165, 1.54) is 7.11 Å². The lowest BCUT2D eigenvalue weighted by atomic mass is 9.91. The molecule has 2 amide bonds. The number of hydrogen-bond acceptors (Lipinski definition) is 5. The number of hydrogen-bond donors (Lipinski definition) is 2. The second-order valence-electron chi connectivity index (χ2n) is 6.62. The van der Waals surface area contributed by atoms with Gasteiger partial charge in [-0.2, -0.15) is 0 Å². The summed E-state index contributed by atoms with van der Waals surface area (Å²) in [4.78, 5) is 24.8. The Labute approximate surface area is 173 Å². The highest BCUT2D eigenvalue weighted by molar-refractivity contribution is 9.10. The van der Waals surface area contributed by atoms with Gasteiger partial charge in [0.1, 0.15) is 0 Å². The van der Waals surface area contributed by atoms with Crippen molar-refractivity contribution in [3.63, 3.8) is 0 Å². The van der Waals surface area contributed by atoms with Crippen LogP contribution in [0.1, 0.15) is 45.7 Å². The van der Waals surface area contributed by atoms with Crippen LogP contribution in [0.15, 0.2) is 27.9 Å². The van der Waals surface area contributed by atoms with E-state index in [1.807, 2.05) is 33.8 Å². The number of amides is 2. The minimum absolute atomic E-state index is 0.0652. The van der Waals surface area contributed by atoms with E-state index in [-0.39, 0.29) is 11.9 Å². The number of methoxy groups -OCH3 is 1. The Balaban J connectivity index is 2.61. The summed E-state index contributed by atoms with van der Waals surface area (Å²) in [5, 5.41) is 5.55. The van der Waals surface area contributed by atoms with Crippen molar-refractivity contribution < 1.29 is 23.8 Å². The van der Waals surface area contributed by atoms with Gasteiger partial charge in [-0.3, -0.25) is 0 Å². The molecule has 0 radical (unpaired) electrons. The molecule has 1 aromatic carbocycles. The highest BCUT2D eigenvalue weighted by Gasteiger charge is 2.35. The monoisotopic (exact) mass is 454 g/mol. The zero-order valence-corrected chi connectivity index (χ0v) is 18.4. The number of ether oxygens (including phenoxy) is 3. The Kier molecular flexibility index (Phi) is 7.74. The van der Waals surface area contributed by atoms with E-state index in [1.54, 1.807) is 6.07 Å². The van der Waals surface area contributed by atoms with Crippen LogP contribution in [0.25, 0.3) is 0 Å². The van der Waals surface area contributed by atoms with Crippen LogP contribution in [0.2, 0.25) is 0 Å². The van der Waals surface area contributed by atoms with Gasteiger partial charge in [-0.05, 0) is 52.9 Å². The Morgan fingerprint density at radius 3 is 2.54 bits per heavy atom. The number of nitrogens with one attached hydrogen (secondary N) is 2. The molecule has 0 spiro atoms. The maximum absolute atomic E-state index is 12.5.